The SMILES string of the molecule is CN(CC1CC(Cl)C1)c1ccc(C(F)(F)F)cc1F. The zero-order chi connectivity index (χ0) is 14.2. The van der Waals surface area contributed by atoms with E-state index in [1.54, 1.807) is 11.9 Å². The summed E-state index contributed by atoms with van der Waals surface area (Å²) in [4.78, 5) is 1.64. The van der Waals surface area contributed by atoms with E-state index in [0.717, 1.165) is 18.9 Å². The quantitative estimate of drug-likeness (QED) is 0.594. The van der Waals surface area contributed by atoms with Crippen LogP contribution >= 0.6 is 11.6 Å². The van der Waals surface area contributed by atoms with Gasteiger partial charge in [-0.05, 0) is 37.0 Å². The van der Waals surface area contributed by atoms with Crippen molar-refractivity contribution >= 4 is 17.3 Å². The van der Waals surface area contributed by atoms with E-state index in [2.05, 4.69) is 0 Å². The van der Waals surface area contributed by atoms with Crippen molar-refractivity contribution in [1.82, 2.24) is 0 Å². The summed E-state index contributed by atoms with van der Waals surface area (Å²) in [7, 11) is 1.67. The maximum atomic E-state index is 13.7. The first-order valence-electron chi connectivity index (χ1n) is 5.99. The number of hydrogen-bond donors (Lipinski definition) is 0. The minimum Gasteiger partial charge on any atom is -0.372 e. The Morgan fingerprint density at radius 3 is 2.42 bits per heavy atom. The van der Waals surface area contributed by atoms with E-state index in [4.69, 9.17) is 11.6 Å². The Balaban J connectivity index is 2.08. The molecule has 1 aliphatic rings. The molecule has 0 aromatic heterocycles. The number of halogens is 5. The summed E-state index contributed by atoms with van der Waals surface area (Å²) >= 11 is 5.86. The fourth-order valence-corrected chi connectivity index (χ4v) is 2.79. The van der Waals surface area contributed by atoms with Crippen molar-refractivity contribution in [2.24, 2.45) is 5.92 Å². The summed E-state index contributed by atoms with van der Waals surface area (Å²) in [6, 6.07) is 2.62. The Kier molecular flexibility index (Phi) is 3.95. The molecular weight excluding hydrogens is 282 g/mol. The molecule has 1 aromatic rings. The summed E-state index contributed by atoms with van der Waals surface area (Å²) in [5.74, 6) is -0.465. The third-order valence-electron chi connectivity index (χ3n) is 3.40. The van der Waals surface area contributed by atoms with E-state index in [-0.39, 0.29) is 11.1 Å². The molecule has 0 saturated heterocycles. The minimum atomic E-state index is -4.52. The van der Waals surface area contributed by atoms with E-state index in [0.29, 0.717) is 18.5 Å². The highest BCUT2D eigenvalue weighted by molar-refractivity contribution is 6.21. The Bertz CT molecular complexity index is 454. The topological polar surface area (TPSA) is 3.24 Å². The number of rotatable bonds is 3. The second-order valence-corrected chi connectivity index (χ2v) is 5.60. The zero-order valence-electron chi connectivity index (χ0n) is 10.3. The summed E-state index contributed by atoms with van der Waals surface area (Å²) in [5.41, 5.74) is -0.780. The summed E-state index contributed by atoms with van der Waals surface area (Å²) in [6.07, 6.45) is -2.78. The highest BCUT2D eigenvalue weighted by Crippen LogP contribution is 2.35. The molecule has 0 atom stereocenters. The van der Waals surface area contributed by atoms with Crippen molar-refractivity contribution in [1.29, 1.82) is 0 Å². The number of hydrogen-bond acceptors (Lipinski definition) is 1. The summed E-state index contributed by atoms with van der Waals surface area (Å²) in [6.45, 7) is 0.603. The van der Waals surface area contributed by atoms with Gasteiger partial charge in [0.1, 0.15) is 5.82 Å². The molecule has 0 amide bonds. The lowest BCUT2D eigenvalue weighted by Crippen LogP contribution is -2.35. The largest absolute Gasteiger partial charge is 0.416 e. The van der Waals surface area contributed by atoms with Crippen LogP contribution in [0.5, 0.6) is 0 Å². The summed E-state index contributed by atoms with van der Waals surface area (Å²) < 4.78 is 51.0. The molecule has 1 aliphatic carbocycles. The van der Waals surface area contributed by atoms with Crippen molar-refractivity contribution in [3.8, 4) is 0 Å². The third kappa shape index (κ3) is 3.32. The van der Waals surface area contributed by atoms with Crippen LogP contribution in [0.1, 0.15) is 18.4 Å². The van der Waals surface area contributed by atoms with Crippen LogP contribution in [-0.2, 0) is 6.18 Å². The van der Waals surface area contributed by atoms with Gasteiger partial charge in [-0.1, -0.05) is 0 Å². The van der Waals surface area contributed by atoms with Gasteiger partial charge in [-0.2, -0.15) is 13.2 Å². The maximum Gasteiger partial charge on any atom is 0.416 e. The molecule has 0 radical (unpaired) electrons. The molecule has 2 rings (SSSR count). The Hall–Kier alpha value is -0.970. The van der Waals surface area contributed by atoms with Gasteiger partial charge >= 0.3 is 6.18 Å². The molecule has 106 valence electrons. The number of benzene rings is 1. The molecule has 6 heteroatoms. The van der Waals surface area contributed by atoms with Gasteiger partial charge in [-0.3, -0.25) is 0 Å². The van der Waals surface area contributed by atoms with Crippen LogP contribution in [0.25, 0.3) is 0 Å². The van der Waals surface area contributed by atoms with Crippen LogP contribution < -0.4 is 4.90 Å². The molecule has 0 bridgehead atoms. The van der Waals surface area contributed by atoms with E-state index in [1.807, 2.05) is 0 Å². The Morgan fingerprint density at radius 1 is 1.32 bits per heavy atom. The van der Waals surface area contributed by atoms with Gasteiger partial charge in [-0.25, -0.2) is 4.39 Å². The van der Waals surface area contributed by atoms with Crippen LogP contribution in [-0.4, -0.2) is 19.0 Å². The smallest absolute Gasteiger partial charge is 0.372 e. The van der Waals surface area contributed by atoms with Gasteiger partial charge in [-0.15, -0.1) is 11.6 Å². The van der Waals surface area contributed by atoms with Crippen molar-refractivity contribution in [2.75, 3.05) is 18.5 Å². The van der Waals surface area contributed by atoms with Gasteiger partial charge in [0.2, 0.25) is 0 Å². The first-order valence-corrected chi connectivity index (χ1v) is 6.43. The van der Waals surface area contributed by atoms with E-state index in [9.17, 15) is 17.6 Å². The second kappa shape index (κ2) is 5.19. The standard InChI is InChI=1S/C13H14ClF4N/c1-19(7-8-4-10(14)5-8)12-3-2-9(6-11(12)15)13(16,17)18/h2-3,6,8,10H,4-5,7H2,1H3. The molecule has 19 heavy (non-hydrogen) atoms. The lowest BCUT2D eigenvalue weighted by Gasteiger charge is -2.35. The first kappa shape index (κ1) is 14.4. The molecule has 0 aliphatic heterocycles. The second-order valence-electron chi connectivity index (χ2n) is 4.98. The highest BCUT2D eigenvalue weighted by Gasteiger charge is 2.32. The molecular formula is C13H14ClF4N. The van der Waals surface area contributed by atoms with Gasteiger partial charge in [0.25, 0.3) is 0 Å². The van der Waals surface area contributed by atoms with Gasteiger partial charge < -0.3 is 4.90 Å². The molecule has 1 aromatic carbocycles. The Labute approximate surface area is 114 Å². The van der Waals surface area contributed by atoms with Crippen LogP contribution in [0, 0.1) is 11.7 Å². The van der Waals surface area contributed by atoms with Crippen LogP contribution in [0.4, 0.5) is 23.2 Å². The number of alkyl halides is 4. The van der Waals surface area contributed by atoms with Crippen LogP contribution in [0.3, 0.4) is 0 Å². The van der Waals surface area contributed by atoms with E-state index in [1.165, 1.54) is 6.07 Å². The van der Waals surface area contributed by atoms with Crippen molar-refractivity contribution < 1.29 is 17.6 Å². The molecule has 1 saturated carbocycles. The first-order chi connectivity index (χ1) is 8.77. The summed E-state index contributed by atoms with van der Waals surface area (Å²) in [5, 5.41) is 0.177. The van der Waals surface area contributed by atoms with Crippen molar-refractivity contribution in [3.05, 3.63) is 29.6 Å². The van der Waals surface area contributed by atoms with E-state index >= 15 is 0 Å². The average molecular weight is 296 g/mol. The molecule has 0 heterocycles. The minimum absolute atomic E-state index is 0.177. The van der Waals surface area contributed by atoms with Crippen LogP contribution in [0.2, 0.25) is 0 Å². The molecule has 0 unspecified atom stereocenters. The monoisotopic (exact) mass is 295 g/mol. The Morgan fingerprint density at radius 2 is 1.95 bits per heavy atom. The predicted octanol–water partition coefficient (Wildman–Crippen LogP) is 4.30. The maximum absolute atomic E-state index is 13.7. The van der Waals surface area contributed by atoms with Crippen LogP contribution in [0.15, 0.2) is 18.2 Å². The molecule has 0 N–H and O–H groups in total. The van der Waals surface area contributed by atoms with E-state index < -0.39 is 17.6 Å². The highest BCUT2D eigenvalue weighted by atomic mass is 35.5. The molecule has 1 fully saturated rings. The zero-order valence-corrected chi connectivity index (χ0v) is 11.1. The average Bonchev–Trinajstić information content (AvgIpc) is 2.25. The number of anilines is 1. The van der Waals surface area contributed by atoms with Gasteiger partial charge in [0, 0.05) is 19.0 Å². The lowest BCUT2D eigenvalue weighted by atomic mass is 9.84. The normalized spacial score (nSPS) is 23.1. The third-order valence-corrected chi connectivity index (χ3v) is 3.75. The van der Waals surface area contributed by atoms with Crippen molar-refractivity contribution in [3.63, 3.8) is 0 Å². The van der Waals surface area contributed by atoms with Crippen molar-refractivity contribution in [2.45, 2.75) is 24.4 Å². The molecule has 1 nitrogen and oxygen atoms in total. The van der Waals surface area contributed by atoms with Gasteiger partial charge in [0.15, 0.2) is 0 Å². The fraction of sp³-hybridized carbons (Fsp3) is 0.538. The lowest BCUT2D eigenvalue weighted by molar-refractivity contribution is -0.137. The fourth-order valence-electron chi connectivity index (χ4n) is 2.28. The van der Waals surface area contributed by atoms with Gasteiger partial charge in [0.05, 0.1) is 11.3 Å². The molecule has 0 spiro atoms. The predicted molar refractivity (Wildman–Crippen MR) is 67.0 cm³/mol. The number of nitrogens with zero attached hydrogens (tertiary/aromatic N) is 1.